The Morgan fingerprint density at radius 1 is 1.19 bits per heavy atom. The van der Waals surface area contributed by atoms with Gasteiger partial charge in [0.25, 0.3) is 17.7 Å². The van der Waals surface area contributed by atoms with Gasteiger partial charge in [0.2, 0.25) is 5.91 Å². The fourth-order valence-corrected chi connectivity index (χ4v) is 2.70. The molecule has 108 valence electrons. The number of amides is 4. The summed E-state index contributed by atoms with van der Waals surface area (Å²) in [7, 11) is 0. The number of halogens is 1. The number of fused-ring (bicyclic) bond motifs is 1. The Labute approximate surface area is 118 Å². The molecule has 1 saturated heterocycles. The third-order valence-corrected chi connectivity index (χ3v) is 3.94. The van der Waals surface area contributed by atoms with Crippen LogP contribution in [0.5, 0.6) is 0 Å². The molecule has 0 radical (unpaired) electrons. The summed E-state index contributed by atoms with van der Waals surface area (Å²) < 4.78 is 13.8. The topological polar surface area (TPSA) is 83.6 Å². The molecular weight excluding hydrogens is 279 g/mol. The average molecular weight is 290 g/mol. The first-order valence-corrected chi connectivity index (χ1v) is 6.38. The number of benzene rings is 1. The predicted octanol–water partition coefficient (Wildman–Crippen LogP) is 0.617. The van der Waals surface area contributed by atoms with Gasteiger partial charge in [0.15, 0.2) is 0 Å². The molecule has 2 heterocycles. The van der Waals surface area contributed by atoms with Crippen LogP contribution in [-0.2, 0) is 9.59 Å². The van der Waals surface area contributed by atoms with E-state index in [2.05, 4.69) is 5.32 Å². The van der Waals surface area contributed by atoms with Crippen molar-refractivity contribution >= 4 is 23.6 Å². The van der Waals surface area contributed by atoms with Gasteiger partial charge in [-0.1, -0.05) is 6.07 Å². The van der Waals surface area contributed by atoms with E-state index in [1.54, 1.807) is 0 Å². The predicted molar refractivity (Wildman–Crippen MR) is 67.7 cm³/mol. The lowest BCUT2D eigenvalue weighted by Crippen LogP contribution is -2.62. The molecule has 4 amide bonds. The summed E-state index contributed by atoms with van der Waals surface area (Å²) in [4.78, 5) is 48.8. The number of piperidine rings is 1. The summed E-state index contributed by atoms with van der Waals surface area (Å²) in [5.41, 5.74) is -1.88. The van der Waals surface area contributed by atoms with Crippen LogP contribution in [0, 0.1) is 5.82 Å². The summed E-state index contributed by atoms with van der Waals surface area (Å²) in [5.74, 6) is -3.56. The van der Waals surface area contributed by atoms with Gasteiger partial charge in [0.05, 0.1) is 11.1 Å². The molecule has 0 spiro atoms. The zero-order valence-corrected chi connectivity index (χ0v) is 11.1. The molecule has 2 aliphatic rings. The molecule has 2 aliphatic heterocycles. The van der Waals surface area contributed by atoms with Crippen molar-refractivity contribution in [2.24, 2.45) is 0 Å². The summed E-state index contributed by atoms with van der Waals surface area (Å²) in [6.07, 6.45) is 0.0306. The Balaban J connectivity index is 2.08. The Morgan fingerprint density at radius 2 is 1.90 bits per heavy atom. The number of carbonyl (C=O) groups is 4. The number of rotatable bonds is 1. The van der Waals surface area contributed by atoms with E-state index in [1.807, 2.05) is 0 Å². The molecular formula is C14H11FN2O4. The zero-order valence-electron chi connectivity index (χ0n) is 11.1. The molecule has 21 heavy (non-hydrogen) atoms. The summed E-state index contributed by atoms with van der Waals surface area (Å²) in [5, 5.41) is 2.11. The van der Waals surface area contributed by atoms with E-state index in [-0.39, 0.29) is 24.0 Å². The summed E-state index contributed by atoms with van der Waals surface area (Å²) in [6.45, 7) is 1.40. The van der Waals surface area contributed by atoms with Crippen molar-refractivity contribution in [3.05, 3.63) is 35.1 Å². The monoisotopic (exact) mass is 290 g/mol. The van der Waals surface area contributed by atoms with Gasteiger partial charge in [-0.2, -0.15) is 0 Å². The second-order valence-corrected chi connectivity index (χ2v) is 5.26. The standard InChI is InChI=1S/C14H11FN2O4/c1-14(6-5-9(18)16-13(14)21)17-11(19)7-3-2-4-8(15)10(7)12(17)20/h2-4H,5-6H2,1H3,(H,16,18,21). The first-order chi connectivity index (χ1) is 9.86. The van der Waals surface area contributed by atoms with E-state index in [4.69, 9.17) is 0 Å². The van der Waals surface area contributed by atoms with Crippen LogP contribution in [0.1, 0.15) is 40.5 Å². The van der Waals surface area contributed by atoms with Crippen LogP contribution < -0.4 is 5.32 Å². The minimum Gasteiger partial charge on any atom is -0.294 e. The minimum absolute atomic E-state index is 0.0120. The second-order valence-electron chi connectivity index (χ2n) is 5.26. The van der Waals surface area contributed by atoms with Crippen LogP contribution in [0.15, 0.2) is 18.2 Å². The quantitative estimate of drug-likeness (QED) is 0.768. The highest BCUT2D eigenvalue weighted by Crippen LogP contribution is 2.34. The lowest BCUT2D eigenvalue weighted by Gasteiger charge is -2.38. The molecule has 1 aromatic carbocycles. The Bertz CT molecular complexity index is 715. The van der Waals surface area contributed by atoms with Crippen molar-refractivity contribution < 1.29 is 23.6 Å². The van der Waals surface area contributed by atoms with Gasteiger partial charge in [0.1, 0.15) is 11.4 Å². The molecule has 7 heteroatoms. The van der Waals surface area contributed by atoms with Gasteiger partial charge in [0, 0.05) is 6.42 Å². The molecule has 1 N–H and O–H groups in total. The lowest BCUT2D eigenvalue weighted by atomic mass is 9.89. The van der Waals surface area contributed by atoms with Crippen LogP contribution in [0.2, 0.25) is 0 Å². The Kier molecular flexibility index (Phi) is 2.69. The van der Waals surface area contributed by atoms with E-state index in [0.29, 0.717) is 0 Å². The summed E-state index contributed by atoms with van der Waals surface area (Å²) >= 11 is 0. The van der Waals surface area contributed by atoms with Crippen molar-refractivity contribution in [1.82, 2.24) is 10.2 Å². The van der Waals surface area contributed by atoms with E-state index in [0.717, 1.165) is 11.0 Å². The van der Waals surface area contributed by atoms with Gasteiger partial charge >= 0.3 is 0 Å². The van der Waals surface area contributed by atoms with Gasteiger partial charge in [-0.25, -0.2) is 4.39 Å². The number of hydrogen-bond acceptors (Lipinski definition) is 4. The maximum absolute atomic E-state index is 13.8. The third kappa shape index (κ3) is 1.70. The molecule has 1 aromatic rings. The summed E-state index contributed by atoms with van der Waals surface area (Å²) in [6, 6.07) is 3.75. The van der Waals surface area contributed by atoms with E-state index < -0.39 is 35.0 Å². The maximum atomic E-state index is 13.8. The van der Waals surface area contributed by atoms with Crippen molar-refractivity contribution in [1.29, 1.82) is 0 Å². The normalized spacial score (nSPS) is 25.1. The number of nitrogens with zero attached hydrogens (tertiary/aromatic N) is 1. The molecule has 0 aliphatic carbocycles. The van der Waals surface area contributed by atoms with Gasteiger partial charge < -0.3 is 0 Å². The molecule has 0 bridgehead atoms. The number of carbonyl (C=O) groups excluding carboxylic acids is 4. The van der Waals surface area contributed by atoms with Gasteiger partial charge in [-0.3, -0.25) is 29.4 Å². The van der Waals surface area contributed by atoms with Crippen LogP contribution in [0.3, 0.4) is 0 Å². The third-order valence-electron chi connectivity index (χ3n) is 3.94. The van der Waals surface area contributed by atoms with Gasteiger partial charge in [-0.05, 0) is 25.5 Å². The zero-order chi connectivity index (χ0) is 15.4. The van der Waals surface area contributed by atoms with Gasteiger partial charge in [-0.15, -0.1) is 0 Å². The Morgan fingerprint density at radius 3 is 2.52 bits per heavy atom. The SMILES string of the molecule is CC1(N2C(=O)c3cccc(F)c3C2=O)CCC(=O)NC1=O. The van der Waals surface area contributed by atoms with Crippen LogP contribution >= 0.6 is 0 Å². The number of nitrogens with one attached hydrogen (secondary N) is 1. The minimum atomic E-state index is -1.49. The van der Waals surface area contributed by atoms with E-state index >= 15 is 0 Å². The highest BCUT2D eigenvalue weighted by molar-refractivity contribution is 6.24. The number of hydrogen-bond donors (Lipinski definition) is 1. The fourth-order valence-electron chi connectivity index (χ4n) is 2.70. The van der Waals surface area contributed by atoms with Crippen LogP contribution in [0.4, 0.5) is 4.39 Å². The van der Waals surface area contributed by atoms with Crippen LogP contribution in [0.25, 0.3) is 0 Å². The first-order valence-electron chi connectivity index (χ1n) is 6.38. The number of imide groups is 2. The smallest absolute Gasteiger partial charge is 0.265 e. The molecule has 0 saturated carbocycles. The van der Waals surface area contributed by atoms with Crippen LogP contribution in [-0.4, -0.2) is 34.1 Å². The highest BCUT2D eigenvalue weighted by atomic mass is 19.1. The molecule has 1 unspecified atom stereocenters. The highest BCUT2D eigenvalue weighted by Gasteiger charge is 2.53. The first kappa shape index (κ1) is 13.4. The molecule has 1 fully saturated rings. The molecule has 1 atom stereocenters. The molecule has 0 aromatic heterocycles. The van der Waals surface area contributed by atoms with E-state index in [1.165, 1.54) is 19.1 Å². The largest absolute Gasteiger partial charge is 0.294 e. The van der Waals surface area contributed by atoms with Crippen molar-refractivity contribution in [3.8, 4) is 0 Å². The Hall–Kier alpha value is -2.57. The van der Waals surface area contributed by atoms with Crippen molar-refractivity contribution in [3.63, 3.8) is 0 Å². The molecule has 6 nitrogen and oxygen atoms in total. The lowest BCUT2D eigenvalue weighted by molar-refractivity contribution is -0.140. The van der Waals surface area contributed by atoms with Crippen molar-refractivity contribution in [2.75, 3.05) is 0 Å². The maximum Gasteiger partial charge on any atom is 0.265 e. The van der Waals surface area contributed by atoms with E-state index in [9.17, 15) is 23.6 Å². The molecule has 3 rings (SSSR count). The fraction of sp³-hybridized carbons (Fsp3) is 0.286. The average Bonchev–Trinajstić information content (AvgIpc) is 2.68. The second kappa shape index (κ2) is 4.21. The van der Waals surface area contributed by atoms with Crippen molar-refractivity contribution in [2.45, 2.75) is 25.3 Å².